The molecule has 0 saturated heterocycles. The first-order valence-corrected chi connectivity index (χ1v) is 11.4. The van der Waals surface area contributed by atoms with E-state index in [2.05, 4.69) is 20.8 Å². The van der Waals surface area contributed by atoms with E-state index in [-0.39, 0.29) is 0 Å². The number of hydrogen-bond donors (Lipinski definition) is 1. The third-order valence-corrected chi connectivity index (χ3v) is 5.69. The molecular weight excluding hydrogens is 458 g/mol. The second kappa shape index (κ2) is 10.6. The molecule has 3 aromatic rings. The molecule has 0 aliphatic carbocycles. The minimum atomic E-state index is -0.587. The quantitative estimate of drug-likeness (QED) is 0.349. The Morgan fingerprint density at radius 3 is 2.82 bits per heavy atom. The lowest BCUT2D eigenvalue weighted by Crippen LogP contribution is -2.30. The van der Waals surface area contributed by atoms with Crippen LogP contribution < -0.4 is 14.8 Å². The molecule has 0 bridgehead atoms. The molecule has 0 fully saturated rings. The first kappa shape index (κ1) is 23.6. The number of allylic oxidation sites excluding steroid dienone is 1. The van der Waals surface area contributed by atoms with Crippen LogP contribution in [0.2, 0.25) is 5.02 Å². The minimum Gasteiger partial charge on any atom is -0.493 e. The van der Waals surface area contributed by atoms with Crippen molar-refractivity contribution in [1.29, 1.82) is 0 Å². The molecule has 1 unspecified atom stereocenters. The van der Waals surface area contributed by atoms with Crippen LogP contribution in [0.4, 0.5) is 5.95 Å². The van der Waals surface area contributed by atoms with E-state index < -0.39 is 12.0 Å². The first-order valence-electron chi connectivity index (χ1n) is 11.0. The van der Waals surface area contributed by atoms with E-state index in [0.29, 0.717) is 47.0 Å². The van der Waals surface area contributed by atoms with Crippen molar-refractivity contribution in [3.63, 3.8) is 0 Å². The maximum Gasteiger partial charge on any atom is 0.338 e. The maximum absolute atomic E-state index is 13.0. The molecule has 0 spiro atoms. The smallest absolute Gasteiger partial charge is 0.338 e. The molecule has 1 aliphatic rings. The van der Waals surface area contributed by atoms with E-state index in [1.165, 1.54) is 0 Å². The van der Waals surface area contributed by atoms with Crippen LogP contribution in [0.5, 0.6) is 11.5 Å². The van der Waals surface area contributed by atoms with Crippen LogP contribution in [-0.2, 0) is 16.1 Å². The van der Waals surface area contributed by atoms with Crippen LogP contribution >= 0.6 is 11.6 Å². The summed E-state index contributed by atoms with van der Waals surface area (Å²) in [7, 11) is 1.57. The molecule has 0 saturated carbocycles. The summed E-state index contributed by atoms with van der Waals surface area (Å²) in [6.07, 6.45) is 1.72. The monoisotopic (exact) mass is 483 g/mol. The Bertz CT molecular complexity index is 1210. The molecule has 1 atom stereocenters. The average Bonchev–Trinajstić information content (AvgIpc) is 3.30. The molecule has 2 heterocycles. The van der Waals surface area contributed by atoms with Crippen molar-refractivity contribution >= 4 is 23.5 Å². The predicted octanol–water partition coefficient (Wildman–Crippen LogP) is 4.55. The van der Waals surface area contributed by atoms with Crippen LogP contribution in [-0.4, -0.2) is 39.9 Å². The molecule has 1 aromatic heterocycles. The van der Waals surface area contributed by atoms with Gasteiger partial charge in [0.15, 0.2) is 11.5 Å². The number of nitrogens with zero attached hydrogens (tertiary/aromatic N) is 4. The Kier molecular flexibility index (Phi) is 7.32. The summed E-state index contributed by atoms with van der Waals surface area (Å²) < 4.78 is 18.7. The number of carbonyl (C=O) groups excluding carboxylic acids is 1. The van der Waals surface area contributed by atoms with Gasteiger partial charge in [-0.05, 0) is 59.2 Å². The lowest BCUT2D eigenvalue weighted by Gasteiger charge is -2.27. The fraction of sp³-hybridized carbons (Fsp3) is 0.333. The van der Waals surface area contributed by atoms with Gasteiger partial charge in [-0.15, -0.1) is 0 Å². The number of carbonyl (C=O) groups is 1. The van der Waals surface area contributed by atoms with Gasteiger partial charge in [-0.1, -0.05) is 48.2 Å². The van der Waals surface area contributed by atoms with Crippen molar-refractivity contribution in [3.05, 3.63) is 69.9 Å². The van der Waals surface area contributed by atoms with Crippen molar-refractivity contribution < 1.29 is 19.0 Å². The van der Waals surface area contributed by atoms with E-state index in [9.17, 15) is 4.79 Å². The van der Waals surface area contributed by atoms with Crippen LogP contribution in [0.25, 0.3) is 0 Å². The number of methoxy groups -OCH3 is 1. The van der Waals surface area contributed by atoms with Crippen molar-refractivity contribution in [1.82, 2.24) is 20.2 Å². The molecule has 10 heteroatoms. The molecule has 178 valence electrons. The van der Waals surface area contributed by atoms with E-state index in [4.69, 9.17) is 25.8 Å². The van der Waals surface area contributed by atoms with Gasteiger partial charge in [0.05, 0.1) is 19.3 Å². The maximum atomic E-state index is 13.0. The van der Waals surface area contributed by atoms with Crippen molar-refractivity contribution in [2.24, 2.45) is 0 Å². The summed E-state index contributed by atoms with van der Waals surface area (Å²) in [6.45, 7) is 4.52. The molecule has 2 aromatic carbocycles. The molecule has 1 N–H and O–H groups in total. The molecule has 1 aliphatic heterocycles. The predicted molar refractivity (Wildman–Crippen MR) is 127 cm³/mol. The van der Waals surface area contributed by atoms with Gasteiger partial charge in [0.25, 0.3) is 0 Å². The van der Waals surface area contributed by atoms with Gasteiger partial charge in [-0.25, -0.2) is 4.79 Å². The van der Waals surface area contributed by atoms with E-state index in [1.54, 1.807) is 24.8 Å². The summed E-state index contributed by atoms with van der Waals surface area (Å²) in [6, 6.07) is 12.4. The fourth-order valence-electron chi connectivity index (χ4n) is 3.73. The topological polar surface area (TPSA) is 100 Å². The molecular formula is C24H26ClN5O4. The van der Waals surface area contributed by atoms with Crippen LogP contribution in [0.3, 0.4) is 0 Å². The van der Waals surface area contributed by atoms with Crippen molar-refractivity contribution in [2.45, 2.75) is 39.3 Å². The Labute approximate surface area is 202 Å². The normalized spacial score (nSPS) is 14.9. The highest BCUT2D eigenvalue weighted by Gasteiger charge is 2.35. The van der Waals surface area contributed by atoms with Gasteiger partial charge in [-0.2, -0.15) is 4.68 Å². The van der Waals surface area contributed by atoms with Gasteiger partial charge >= 0.3 is 5.97 Å². The number of tetrazole rings is 1. The van der Waals surface area contributed by atoms with Gasteiger partial charge in [0.1, 0.15) is 12.6 Å². The number of benzene rings is 2. The zero-order valence-electron chi connectivity index (χ0n) is 19.2. The highest BCUT2D eigenvalue weighted by atomic mass is 35.5. The second-order valence-electron chi connectivity index (χ2n) is 7.83. The Morgan fingerprint density at radius 1 is 1.21 bits per heavy atom. The number of fused-ring (bicyclic) bond motifs is 1. The number of anilines is 1. The molecule has 4 rings (SSSR count). The van der Waals surface area contributed by atoms with E-state index in [1.807, 2.05) is 43.3 Å². The third-order valence-electron chi connectivity index (χ3n) is 5.45. The zero-order valence-corrected chi connectivity index (χ0v) is 20.0. The van der Waals surface area contributed by atoms with Crippen LogP contribution in [0, 0.1) is 0 Å². The van der Waals surface area contributed by atoms with Gasteiger partial charge in [0, 0.05) is 10.7 Å². The molecule has 0 amide bonds. The summed E-state index contributed by atoms with van der Waals surface area (Å²) in [5.74, 6) is 1.10. The Balaban J connectivity index is 1.64. The number of nitrogens with one attached hydrogen (secondary N) is 1. The summed E-state index contributed by atoms with van der Waals surface area (Å²) >= 11 is 6.07. The van der Waals surface area contributed by atoms with Gasteiger partial charge in [0.2, 0.25) is 5.95 Å². The number of ether oxygens (including phenoxy) is 3. The number of halogens is 1. The number of unbranched alkanes of at least 4 members (excludes halogenated alkanes) is 1. The average molecular weight is 484 g/mol. The second-order valence-corrected chi connectivity index (χ2v) is 8.27. The lowest BCUT2D eigenvalue weighted by atomic mass is 9.95. The number of hydrogen-bond acceptors (Lipinski definition) is 8. The molecule has 9 nitrogen and oxygen atoms in total. The molecule has 0 radical (unpaired) electrons. The summed E-state index contributed by atoms with van der Waals surface area (Å²) in [5, 5.41) is 15.6. The van der Waals surface area contributed by atoms with Crippen molar-refractivity contribution in [2.75, 3.05) is 19.0 Å². The number of aromatic nitrogens is 4. The molecule has 34 heavy (non-hydrogen) atoms. The highest BCUT2D eigenvalue weighted by molar-refractivity contribution is 6.30. The minimum absolute atomic E-state index is 0.328. The zero-order chi connectivity index (χ0) is 24.1. The lowest BCUT2D eigenvalue weighted by molar-refractivity contribution is -0.139. The van der Waals surface area contributed by atoms with Gasteiger partial charge < -0.3 is 19.5 Å². The van der Waals surface area contributed by atoms with E-state index >= 15 is 0 Å². The Hall–Kier alpha value is -3.59. The van der Waals surface area contributed by atoms with Crippen LogP contribution in [0.15, 0.2) is 53.7 Å². The largest absolute Gasteiger partial charge is 0.493 e. The van der Waals surface area contributed by atoms with Crippen molar-refractivity contribution in [3.8, 4) is 11.5 Å². The van der Waals surface area contributed by atoms with Crippen LogP contribution in [0.1, 0.15) is 43.9 Å². The SMILES string of the molecule is CCCCOC(=O)C1=C(C)Nc2nnnn2C1c1ccc(OCc2cccc(Cl)c2)c(OC)c1. The summed E-state index contributed by atoms with van der Waals surface area (Å²) in [5.41, 5.74) is 2.76. The third kappa shape index (κ3) is 4.99. The first-order chi connectivity index (χ1) is 16.5. The number of rotatable bonds is 9. The highest BCUT2D eigenvalue weighted by Crippen LogP contribution is 2.38. The number of esters is 1. The fourth-order valence-corrected chi connectivity index (χ4v) is 3.95. The Morgan fingerprint density at radius 2 is 2.06 bits per heavy atom. The summed E-state index contributed by atoms with van der Waals surface area (Å²) in [4.78, 5) is 13.0. The van der Waals surface area contributed by atoms with E-state index in [0.717, 1.165) is 24.0 Å². The standard InChI is InChI=1S/C24H26ClN5O4/c1-4-5-11-33-23(31)21-15(2)26-24-27-28-29-30(24)22(21)17-9-10-19(20(13-17)32-3)34-14-16-7-6-8-18(25)12-16/h6-10,12-13,22H,4-5,11,14H2,1-3H3,(H,26,27,29). The van der Waals surface area contributed by atoms with Gasteiger partial charge in [-0.3, -0.25) is 0 Å².